The van der Waals surface area contributed by atoms with Gasteiger partial charge in [0.1, 0.15) is 0 Å². The maximum atomic E-state index is 3.29. The molecule has 1 aliphatic carbocycles. The zero-order chi connectivity index (χ0) is 7.84. The van der Waals surface area contributed by atoms with E-state index in [1.807, 2.05) is 0 Å². The summed E-state index contributed by atoms with van der Waals surface area (Å²) in [6.45, 7) is 4.30. The number of aryl methyl sites for hydroxylation is 1. The summed E-state index contributed by atoms with van der Waals surface area (Å²) >= 11 is 0. The van der Waals surface area contributed by atoms with Crippen LogP contribution in [0.25, 0.3) is 6.08 Å². The Bertz CT molecular complexity index is 313. The van der Waals surface area contributed by atoms with Crippen LogP contribution in [0.4, 0.5) is 0 Å². The Morgan fingerprint density at radius 2 is 1.86 bits per heavy atom. The molecule has 0 amide bonds. The molecule has 1 unspecified atom stereocenters. The summed E-state index contributed by atoms with van der Waals surface area (Å²) in [7, 11) is 0. The molecule has 0 fully saturated rings. The number of rotatable bonds is 0. The maximum Gasteiger partial charge on any atom is 3.00 e. The van der Waals surface area contributed by atoms with E-state index in [2.05, 4.69) is 44.2 Å². The minimum atomic E-state index is 0. The molecule has 0 bridgehead atoms. The van der Waals surface area contributed by atoms with E-state index >= 15 is 0 Å². The first kappa shape index (κ1) is 16.3. The fourth-order valence-corrected chi connectivity index (χ4v) is 1.52. The second-order valence-electron chi connectivity index (χ2n) is 3.17. The first-order valence-corrected chi connectivity index (χ1v) is 3.97. The van der Waals surface area contributed by atoms with Crippen LogP contribution < -0.4 is 0 Å². The van der Waals surface area contributed by atoms with Crippen molar-refractivity contribution in [1.29, 1.82) is 0 Å². The van der Waals surface area contributed by atoms with Gasteiger partial charge in [-0.15, -0.1) is 11.6 Å². The number of allylic oxidation sites excluding steroid dienone is 1. The molecular formula is C13H17Zr. The fourth-order valence-electron chi connectivity index (χ4n) is 1.52. The van der Waals surface area contributed by atoms with E-state index in [1.165, 1.54) is 16.7 Å². The molecule has 73 valence electrons. The van der Waals surface area contributed by atoms with Crippen molar-refractivity contribution in [3.8, 4) is 0 Å². The van der Waals surface area contributed by atoms with Gasteiger partial charge in [0.25, 0.3) is 0 Å². The Labute approximate surface area is 108 Å². The van der Waals surface area contributed by atoms with Crippen molar-refractivity contribution in [1.82, 2.24) is 0 Å². The van der Waals surface area contributed by atoms with Gasteiger partial charge in [-0.25, -0.2) is 6.08 Å². The van der Waals surface area contributed by atoms with Gasteiger partial charge < -0.3 is 14.9 Å². The molecule has 1 radical (unpaired) electrons. The second-order valence-corrected chi connectivity index (χ2v) is 3.17. The van der Waals surface area contributed by atoms with Crippen LogP contribution in [-0.2, 0) is 26.2 Å². The van der Waals surface area contributed by atoms with Gasteiger partial charge in [-0.2, -0.15) is 5.56 Å². The smallest absolute Gasteiger partial charge is 0.358 e. The van der Waals surface area contributed by atoms with Gasteiger partial charge in [0.15, 0.2) is 0 Å². The van der Waals surface area contributed by atoms with Gasteiger partial charge >= 0.3 is 26.2 Å². The van der Waals surface area contributed by atoms with Crippen LogP contribution in [0, 0.1) is 27.9 Å². The van der Waals surface area contributed by atoms with Crippen LogP contribution in [0.1, 0.15) is 29.5 Å². The van der Waals surface area contributed by atoms with Crippen LogP contribution in [0.5, 0.6) is 0 Å². The zero-order valence-corrected chi connectivity index (χ0v) is 11.8. The number of hydrogen-bond donors (Lipinski definition) is 0. The van der Waals surface area contributed by atoms with Gasteiger partial charge in [-0.1, -0.05) is 30.5 Å². The van der Waals surface area contributed by atoms with Crippen molar-refractivity contribution >= 4 is 6.08 Å². The summed E-state index contributed by atoms with van der Waals surface area (Å²) in [4.78, 5) is 0. The minimum absolute atomic E-state index is 0. The largest absolute Gasteiger partial charge is 3.00 e. The van der Waals surface area contributed by atoms with Gasteiger partial charge in [0.05, 0.1) is 0 Å². The standard InChI is InChI=1S/C11H11.2CH3.Zr/c1-8-3-6-11-9(2)4-5-10(11)7-8;;;/h3,5-7,9H,1-2H3;2*1H3;/q3*-1;+3. The second kappa shape index (κ2) is 6.35. The first-order chi connectivity index (χ1) is 5.27. The Kier molecular flexibility index (Phi) is 7.38. The maximum absolute atomic E-state index is 3.29. The molecule has 2 rings (SSSR count). The van der Waals surface area contributed by atoms with E-state index in [-0.39, 0.29) is 41.1 Å². The summed E-state index contributed by atoms with van der Waals surface area (Å²) in [6.07, 6.45) is 5.38. The fraction of sp³-hybridized carbons (Fsp3) is 0.231. The quantitative estimate of drug-likeness (QED) is 0.625. The molecule has 1 aliphatic rings. The molecule has 1 atom stereocenters. The SMILES string of the molecule is Cc1ccc2c(c1)C=[C-]C2C.[CH3-].[CH3-].[Zr+3]. The number of hydrogen-bond acceptors (Lipinski definition) is 0. The molecule has 0 aliphatic heterocycles. The van der Waals surface area contributed by atoms with E-state index in [9.17, 15) is 0 Å². The zero-order valence-electron chi connectivity index (χ0n) is 9.39. The molecule has 0 N–H and O–H groups in total. The van der Waals surface area contributed by atoms with Gasteiger partial charge in [0, 0.05) is 0 Å². The van der Waals surface area contributed by atoms with Crippen molar-refractivity contribution in [3.05, 3.63) is 55.8 Å². The summed E-state index contributed by atoms with van der Waals surface area (Å²) in [5.41, 5.74) is 4.09. The van der Waals surface area contributed by atoms with Gasteiger partial charge in [0.2, 0.25) is 0 Å². The predicted octanol–water partition coefficient (Wildman–Crippen LogP) is 3.83. The Balaban J connectivity index is 0. The Morgan fingerprint density at radius 3 is 2.50 bits per heavy atom. The van der Waals surface area contributed by atoms with E-state index < -0.39 is 0 Å². The predicted molar refractivity (Wildman–Crippen MR) is 60.1 cm³/mol. The van der Waals surface area contributed by atoms with E-state index in [0.717, 1.165) is 0 Å². The third-order valence-electron chi connectivity index (χ3n) is 2.20. The molecular weight excluding hydrogens is 247 g/mol. The normalized spacial score (nSPS) is 16.0. The summed E-state index contributed by atoms with van der Waals surface area (Å²) in [5, 5.41) is 0. The molecule has 0 saturated carbocycles. The van der Waals surface area contributed by atoms with Crippen molar-refractivity contribution in [3.63, 3.8) is 0 Å². The summed E-state index contributed by atoms with van der Waals surface area (Å²) < 4.78 is 0. The molecule has 0 spiro atoms. The molecule has 1 aromatic rings. The molecule has 14 heavy (non-hydrogen) atoms. The monoisotopic (exact) mass is 263 g/mol. The minimum Gasteiger partial charge on any atom is -0.358 e. The van der Waals surface area contributed by atoms with Crippen LogP contribution in [0.3, 0.4) is 0 Å². The van der Waals surface area contributed by atoms with E-state index in [4.69, 9.17) is 0 Å². The number of fused-ring (bicyclic) bond motifs is 1. The first-order valence-electron chi connectivity index (χ1n) is 3.97. The van der Waals surface area contributed by atoms with Crippen molar-refractivity contribution in [2.24, 2.45) is 0 Å². The van der Waals surface area contributed by atoms with E-state index in [1.54, 1.807) is 0 Å². The van der Waals surface area contributed by atoms with Crippen LogP contribution in [-0.4, -0.2) is 0 Å². The van der Waals surface area contributed by atoms with Crippen LogP contribution in [0.15, 0.2) is 18.2 Å². The van der Waals surface area contributed by atoms with Crippen molar-refractivity contribution < 1.29 is 26.2 Å². The summed E-state index contributed by atoms with van der Waals surface area (Å²) in [6, 6.07) is 6.58. The Morgan fingerprint density at radius 1 is 1.21 bits per heavy atom. The van der Waals surface area contributed by atoms with Crippen molar-refractivity contribution in [2.45, 2.75) is 19.8 Å². The molecule has 0 saturated heterocycles. The van der Waals surface area contributed by atoms with Crippen LogP contribution in [0.2, 0.25) is 0 Å². The van der Waals surface area contributed by atoms with Crippen LogP contribution >= 0.6 is 0 Å². The van der Waals surface area contributed by atoms with Gasteiger partial charge in [-0.05, 0) is 6.92 Å². The molecule has 0 aromatic heterocycles. The topological polar surface area (TPSA) is 0 Å². The number of benzene rings is 1. The molecule has 0 nitrogen and oxygen atoms in total. The summed E-state index contributed by atoms with van der Waals surface area (Å²) in [5.74, 6) is 0.491. The van der Waals surface area contributed by atoms with E-state index in [0.29, 0.717) is 5.92 Å². The van der Waals surface area contributed by atoms with Gasteiger partial charge in [-0.3, -0.25) is 6.08 Å². The molecule has 0 heterocycles. The molecule has 1 heteroatoms. The average Bonchev–Trinajstić information content (AvgIpc) is 2.32. The Hall–Kier alpha value is -0.157. The third kappa shape index (κ3) is 2.92. The average molecular weight is 265 g/mol. The third-order valence-corrected chi connectivity index (χ3v) is 2.20. The van der Waals surface area contributed by atoms with Crippen molar-refractivity contribution in [2.75, 3.05) is 0 Å². The molecule has 1 aromatic carbocycles.